The van der Waals surface area contributed by atoms with E-state index >= 15 is 0 Å². The maximum atomic E-state index is 2.37. The van der Waals surface area contributed by atoms with Crippen LogP contribution in [-0.2, 0) is 6.42 Å². The molecule has 1 aliphatic carbocycles. The first-order chi connectivity index (χ1) is 11.7. The molecular weight excluding hydrogens is 288 g/mol. The number of benzene rings is 4. The molecule has 0 bridgehead atoms. The van der Waals surface area contributed by atoms with Gasteiger partial charge in [-0.05, 0) is 74.8 Å². The van der Waals surface area contributed by atoms with E-state index in [1.165, 1.54) is 49.0 Å². The summed E-state index contributed by atoms with van der Waals surface area (Å²) < 4.78 is 0. The second-order valence-electron chi connectivity index (χ2n) is 7.21. The van der Waals surface area contributed by atoms with Crippen molar-refractivity contribution in [1.29, 1.82) is 0 Å². The summed E-state index contributed by atoms with van der Waals surface area (Å²) in [6.07, 6.45) is 3.52. The summed E-state index contributed by atoms with van der Waals surface area (Å²) in [5.41, 5.74) is 4.41. The third-order valence-corrected chi connectivity index (χ3v) is 5.70. The number of rotatable bonds is 0. The zero-order valence-electron chi connectivity index (χ0n) is 14.1. The molecule has 5 rings (SSSR count). The van der Waals surface area contributed by atoms with Gasteiger partial charge in [-0.1, -0.05) is 67.1 Å². The summed E-state index contributed by atoms with van der Waals surface area (Å²) in [7, 11) is 0. The Balaban J connectivity index is 1.89. The maximum absolute atomic E-state index is 2.37. The van der Waals surface area contributed by atoms with Gasteiger partial charge in [-0.25, -0.2) is 0 Å². The lowest BCUT2D eigenvalue weighted by Gasteiger charge is -2.22. The highest BCUT2D eigenvalue weighted by atomic mass is 14.2. The molecule has 116 valence electrons. The standard InChI is InChI=1S/C24H20/c1-15-11-19-7-9-22-21(23(19)12-16(15)2)10-8-20-13-17-5-3-4-6-18(17)14-24(20)22/h3-11,13-14,16H,12H2,1-2H3. The van der Waals surface area contributed by atoms with E-state index in [-0.39, 0.29) is 0 Å². The van der Waals surface area contributed by atoms with Gasteiger partial charge in [-0.3, -0.25) is 0 Å². The molecule has 0 N–H and O–H groups in total. The van der Waals surface area contributed by atoms with Crippen LogP contribution < -0.4 is 0 Å². The van der Waals surface area contributed by atoms with E-state index in [0.29, 0.717) is 5.92 Å². The van der Waals surface area contributed by atoms with Crippen molar-refractivity contribution in [3.05, 3.63) is 77.4 Å². The lowest BCUT2D eigenvalue weighted by atomic mass is 9.82. The summed E-state index contributed by atoms with van der Waals surface area (Å²) >= 11 is 0. The molecule has 24 heavy (non-hydrogen) atoms. The van der Waals surface area contributed by atoms with Gasteiger partial charge < -0.3 is 0 Å². The maximum Gasteiger partial charge on any atom is -0.00989 e. The van der Waals surface area contributed by atoms with Gasteiger partial charge in [-0.2, -0.15) is 0 Å². The van der Waals surface area contributed by atoms with E-state index in [1.54, 1.807) is 0 Å². The molecule has 4 aromatic carbocycles. The Kier molecular flexibility index (Phi) is 2.84. The zero-order chi connectivity index (χ0) is 16.3. The summed E-state index contributed by atoms with van der Waals surface area (Å²) in [4.78, 5) is 0. The van der Waals surface area contributed by atoms with Gasteiger partial charge in [0.05, 0.1) is 0 Å². The number of hydrogen-bond donors (Lipinski definition) is 0. The van der Waals surface area contributed by atoms with Crippen LogP contribution in [-0.4, -0.2) is 0 Å². The highest BCUT2D eigenvalue weighted by Gasteiger charge is 2.17. The number of allylic oxidation sites excluding steroid dienone is 1. The van der Waals surface area contributed by atoms with Crippen molar-refractivity contribution in [2.75, 3.05) is 0 Å². The molecular formula is C24H20. The van der Waals surface area contributed by atoms with Gasteiger partial charge in [-0.15, -0.1) is 0 Å². The van der Waals surface area contributed by atoms with Crippen LogP contribution in [0.1, 0.15) is 25.0 Å². The van der Waals surface area contributed by atoms with Crippen LogP contribution in [0.4, 0.5) is 0 Å². The fraction of sp³-hybridized carbons (Fsp3) is 0.167. The van der Waals surface area contributed by atoms with Crippen molar-refractivity contribution in [3.8, 4) is 0 Å². The molecule has 4 aromatic rings. The highest BCUT2D eigenvalue weighted by Crippen LogP contribution is 2.37. The largest absolute Gasteiger partial charge is 0.0696 e. The second-order valence-corrected chi connectivity index (χ2v) is 7.21. The first-order valence-electron chi connectivity index (χ1n) is 8.76. The van der Waals surface area contributed by atoms with E-state index in [0.717, 1.165) is 6.42 Å². The second kappa shape index (κ2) is 4.95. The van der Waals surface area contributed by atoms with Crippen LogP contribution in [0, 0.1) is 5.92 Å². The Morgan fingerprint density at radius 1 is 0.750 bits per heavy atom. The lowest BCUT2D eigenvalue weighted by molar-refractivity contribution is 0.676. The van der Waals surface area contributed by atoms with E-state index < -0.39 is 0 Å². The SMILES string of the molecule is CC1=Cc2ccc3c(ccc4cc5ccccc5cc43)c2CC1C. The molecule has 0 heterocycles. The third-order valence-electron chi connectivity index (χ3n) is 5.70. The van der Waals surface area contributed by atoms with Crippen molar-refractivity contribution in [3.63, 3.8) is 0 Å². The van der Waals surface area contributed by atoms with Gasteiger partial charge in [0.15, 0.2) is 0 Å². The first kappa shape index (κ1) is 13.8. The Morgan fingerprint density at radius 3 is 2.33 bits per heavy atom. The molecule has 0 radical (unpaired) electrons. The summed E-state index contributed by atoms with van der Waals surface area (Å²) in [5.74, 6) is 0.635. The van der Waals surface area contributed by atoms with Crippen LogP contribution in [0.25, 0.3) is 38.4 Å². The predicted molar refractivity (Wildman–Crippen MR) is 105 cm³/mol. The molecule has 0 nitrogen and oxygen atoms in total. The quantitative estimate of drug-likeness (QED) is 0.249. The fourth-order valence-corrected chi connectivity index (χ4v) is 4.13. The normalized spacial score (nSPS) is 17.2. The van der Waals surface area contributed by atoms with E-state index in [1.807, 2.05) is 0 Å². The number of fused-ring (bicyclic) bond motifs is 6. The Hall–Kier alpha value is -2.60. The lowest BCUT2D eigenvalue weighted by Crippen LogP contribution is -2.08. The van der Waals surface area contributed by atoms with Gasteiger partial charge in [0, 0.05) is 0 Å². The average Bonchev–Trinajstić information content (AvgIpc) is 2.60. The zero-order valence-corrected chi connectivity index (χ0v) is 14.1. The van der Waals surface area contributed by atoms with Gasteiger partial charge in [0.2, 0.25) is 0 Å². The van der Waals surface area contributed by atoms with Crippen LogP contribution in [0.15, 0.2) is 66.2 Å². The third kappa shape index (κ3) is 1.93. The van der Waals surface area contributed by atoms with Crippen LogP contribution in [0.5, 0.6) is 0 Å². The Labute approximate surface area is 142 Å². The summed E-state index contributed by atoms with van der Waals surface area (Å²) in [6.45, 7) is 4.59. The molecule has 1 aliphatic rings. The first-order valence-corrected chi connectivity index (χ1v) is 8.76. The van der Waals surface area contributed by atoms with Crippen molar-refractivity contribution in [1.82, 2.24) is 0 Å². The van der Waals surface area contributed by atoms with Gasteiger partial charge >= 0.3 is 0 Å². The van der Waals surface area contributed by atoms with E-state index in [2.05, 4.69) is 80.6 Å². The van der Waals surface area contributed by atoms with Crippen LogP contribution >= 0.6 is 0 Å². The Morgan fingerprint density at radius 2 is 1.50 bits per heavy atom. The van der Waals surface area contributed by atoms with Gasteiger partial charge in [0.1, 0.15) is 0 Å². The van der Waals surface area contributed by atoms with Crippen molar-refractivity contribution in [2.45, 2.75) is 20.3 Å². The number of hydrogen-bond acceptors (Lipinski definition) is 0. The monoisotopic (exact) mass is 308 g/mol. The Bertz CT molecular complexity index is 1140. The average molecular weight is 308 g/mol. The van der Waals surface area contributed by atoms with Crippen molar-refractivity contribution >= 4 is 38.4 Å². The molecule has 0 saturated heterocycles. The molecule has 0 aromatic heterocycles. The van der Waals surface area contributed by atoms with E-state index in [9.17, 15) is 0 Å². The molecule has 0 fully saturated rings. The minimum absolute atomic E-state index is 0.635. The summed E-state index contributed by atoms with van der Waals surface area (Å²) in [5, 5.41) is 8.14. The summed E-state index contributed by atoms with van der Waals surface area (Å²) in [6, 6.07) is 22.5. The minimum atomic E-state index is 0.635. The van der Waals surface area contributed by atoms with Crippen molar-refractivity contribution in [2.24, 2.45) is 5.92 Å². The van der Waals surface area contributed by atoms with Gasteiger partial charge in [0.25, 0.3) is 0 Å². The minimum Gasteiger partial charge on any atom is -0.0696 e. The molecule has 0 aliphatic heterocycles. The molecule has 1 unspecified atom stereocenters. The highest BCUT2D eigenvalue weighted by molar-refractivity contribution is 6.13. The molecule has 1 atom stereocenters. The van der Waals surface area contributed by atoms with Crippen LogP contribution in [0.2, 0.25) is 0 Å². The van der Waals surface area contributed by atoms with Crippen LogP contribution in [0.3, 0.4) is 0 Å². The van der Waals surface area contributed by atoms with E-state index in [4.69, 9.17) is 0 Å². The molecule has 0 heteroatoms. The van der Waals surface area contributed by atoms with Crippen molar-refractivity contribution < 1.29 is 0 Å². The molecule has 0 saturated carbocycles. The molecule has 0 spiro atoms. The predicted octanol–water partition coefficient (Wildman–Crippen LogP) is 6.74. The molecule has 0 amide bonds. The fourth-order valence-electron chi connectivity index (χ4n) is 4.13. The smallest absolute Gasteiger partial charge is 0.00989 e. The topological polar surface area (TPSA) is 0 Å².